The van der Waals surface area contributed by atoms with Gasteiger partial charge in [0.15, 0.2) is 0 Å². The van der Waals surface area contributed by atoms with Crippen LogP contribution < -0.4 is 5.73 Å². The van der Waals surface area contributed by atoms with E-state index in [4.69, 9.17) is 5.73 Å². The van der Waals surface area contributed by atoms with Gasteiger partial charge in [0.2, 0.25) is 5.91 Å². The second kappa shape index (κ2) is 6.71. The summed E-state index contributed by atoms with van der Waals surface area (Å²) in [6, 6.07) is 0.178. The van der Waals surface area contributed by atoms with Crippen molar-refractivity contribution in [3.8, 4) is 0 Å². The fraction of sp³-hybridized carbons (Fsp3) is 0.667. The first-order valence-electron chi connectivity index (χ1n) is 5.90. The van der Waals surface area contributed by atoms with Crippen LogP contribution in [0.1, 0.15) is 36.1 Å². The highest BCUT2D eigenvalue weighted by Gasteiger charge is 2.10. The zero-order valence-electron chi connectivity index (χ0n) is 10.8. The van der Waals surface area contributed by atoms with Gasteiger partial charge < -0.3 is 10.6 Å². The van der Waals surface area contributed by atoms with Gasteiger partial charge in [0, 0.05) is 30.6 Å². The Morgan fingerprint density at radius 2 is 2.35 bits per heavy atom. The number of hydrogen-bond acceptors (Lipinski definition) is 4. The summed E-state index contributed by atoms with van der Waals surface area (Å²) in [4.78, 5) is 18.9. The normalized spacial score (nSPS) is 12.5. The van der Waals surface area contributed by atoms with Crippen molar-refractivity contribution in [3.05, 3.63) is 16.1 Å². The van der Waals surface area contributed by atoms with E-state index in [1.54, 1.807) is 16.2 Å². The maximum atomic E-state index is 11.8. The topological polar surface area (TPSA) is 59.2 Å². The molecule has 1 aromatic rings. The van der Waals surface area contributed by atoms with Crippen LogP contribution in [0.4, 0.5) is 0 Å². The van der Waals surface area contributed by atoms with E-state index in [0.29, 0.717) is 13.0 Å². The predicted octanol–water partition coefficient (Wildman–Crippen LogP) is 1.93. The largest absolute Gasteiger partial charge is 0.341 e. The third kappa shape index (κ3) is 5.28. The molecular formula is C12H21N3OS. The average Bonchev–Trinajstić information content (AvgIpc) is 2.63. The minimum Gasteiger partial charge on any atom is -0.341 e. The molecule has 0 saturated heterocycles. The molecule has 1 atom stereocenters. The second-order valence-electron chi connectivity index (χ2n) is 4.46. The lowest BCUT2D eigenvalue weighted by molar-refractivity contribution is -0.130. The summed E-state index contributed by atoms with van der Waals surface area (Å²) in [7, 11) is 1.84. The molecular weight excluding hydrogens is 234 g/mol. The van der Waals surface area contributed by atoms with Crippen LogP contribution in [0.25, 0.3) is 0 Å². The van der Waals surface area contributed by atoms with Gasteiger partial charge in [0.1, 0.15) is 0 Å². The Morgan fingerprint density at radius 3 is 2.88 bits per heavy atom. The molecule has 2 N–H and O–H groups in total. The molecule has 17 heavy (non-hydrogen) atoms. The predicted molar refractivity (Wildman–Crippen MR) is 70.8 cm³/mol. The van der Waals surface area contributed by atoms with Crippen molar-refractivity contribution < 1.29 is 4.79 Å². The number of thiazole rings is 1. The van der Waals surface area contributed by atoms with E-state index >= 15 is 0 Å². The zero-order chi connectivity index (χ0) is 12.8. The first-order chi connectivity index (χ1) is 7.99. The Kier molecular flexibility index (Phi) is 5.58. The van der Waals surface area contributed by atoms with Gasteiger partial charge in [-0.15, -0.1) is 11.3 Å². The first kappa shape index (κ1) is 14.1. The number of aromatic nitrogens is 1. The van der Waals surface area contributed by atoms with E-state index in [0.717, 1.165) is 22.7 Å². The number of hydrogen-bond donors (Lipinski definition) is 1. The minimum atomic E-state index is 0.178. The number of rotatable bonds is 6. The van der Waals surface area contributed by atoms with Crippen molar-refractivity contribution in [1.29, 1.82) is 0 Å². The van der Waals surface area contributed by atoms with E-state index in [-0.39, 0.29) is 11.9 Å². The summed E-state index contributed by atoms with van der Waals surface area (Å²) >= 11 is 1.64. The third-order valence-electron chi connectivity index (χ3n) is 2.54. The van der Waals surface area contributed by atoms with Gasteiger partial charge in [-0.25, -0.2) is 4.98 Å². The second-order valence-corrected chi connectivity index (χ2v) is 5.78. The summed E-state index contributed by atoms with van der Waals surface area (Å²) in [6.07, 6.45) is 4.18. The molecule has 0 spiro atoms. The molecule has 0 fully saturated rings. The third-order valence-corrected chi connectivity index (χ3v) is 3.44. The minimum absolute atomic E-state index is 0.178. The van der Waals surface area contributed by atoms with E-state index in [1.807, 2.05) is 27.1 Å². The molecule has 0 saturated carbocycles. The Bertz CT molecular complexity index is 362. The van der Waals surface area contributed by atoms with E-state index in [9.17, 15) is 4.79 Å². The van der Waals surface area contributed by atoms with Crippen LogP contribution in [0.5, 0.6) is 0 Å². The van der Waals surface area contributed by atoms with Gasteiger partial charge in [-0.05, 0) is 26.7 Å². The molecule has 0 aromatic carbocycles. The number of amides is 1. The van der Waals surface area contributed by atoms with Crippen LogP contribution in [-0.2, 0) is 11.3 Å². The Hall–Kier alpha value is -0.940. The van der Waals surface area contributed by atoms with Crippen molar-refractivity contribution in [3.63, 3.8) is 0 Å². The lowest BCUT2D eigenvalue weighted by Gasteiger charge is -2.16. The van der Waals surface area contributed by atoms with E-state index in [2.05, 4.69) is 4.98 Å². The van der Waals surface area contributed by atoms with Gasteiger partial charge in [-0.2, -0.15) is 0 Å². The number of carbonyl (C=O) groups excluding carboxylic acids is 1. The molecule has 0 aliphatic rings. The highest BCUT2D eigenvalue weighted by molar-refractivity contribution is 7.11. The standard InChI is InChI=1S/C12H21N3OS/c1-9(13)5-4-6-12(16)15(3)8-11-7-14-10(2)17-11/h7,9H,4-6,8,13H2,1-3H3. The lowest BCUT2D eigenvalue weighted by Crippen LogP contribution is -2.26. The van der Waals surface area contributed by atoms with Gasteiger partial charge in [0.25, 0.3) is 0 Å². The SMILES string of the molecule is Cc1ncc(CN(C)C(=O)CCCC(C)N)s1. The average molecular weight is 255 g/mol. The number of aryl methyl sites for hydroxylation is 1. The van der Waals surface area contributed by atoms with E-state index in [1.165, 1.54) is 0 Å². The molecule has 1 unspecified atom stereocenters. The molecule has 1 aromatic heterocycles. The molecule has 1 amide bonds. The van der Waals surface area contributed by atoms with Gasteiger partial charge >= 0.3 is 0 Å². The summed E-state index contributed by atoms with van der Waals surface area (Å²) in [5.41, 5.74) is 5.65. The fourth-order valence-electron chi connectivity index (χ4n) is 1.57. The molecule has 0 radical (unpaired) electrons. The van der Waals surface area contributed by atoms with Crippen molar-refractivity contribution in [2.75, 3.05) is 7.05 Å². The monoisotopic (exact) mass is 255 g/mol. The zero-order valence-corrected chi connectivity index (χ0v) is 11.6. The van der Waals surface area contributed by atoms with Crippen molar-refractivity contribution in [1.82, 2.24) is 9.88 Å². The number of nitrogens with two attached hydrogens (primary N) is 1. The molecule has 96 valence electrons. The highest BCUT2D eigenvalue weighted by Crippen LogP contribution is 2.14. The summed E-state index contributed by atoms with van der Waals surface area (Å²) < 4.78 is 0. The van der Waals surface area contributed by atoms with Crippen LogP contribution in [0.2, 0.25) is 0 Å². The maximum absolute atomic E-state index is 11.8. The highest BCUT2D eigenvalue weighted by atomic mass is 32.1. The smallest absolute Gasteiger partial charge is 0.222 e. The van der Waals surface area contributed by atoms with Crippen molar-refractivity contribution in [2.45, 2.75) is 45.7 Å². The van der Waals surface area contributed by atoms with Gasteiger partial charge in [-0.1, -0.05) is 0 Å². The quantitative estimate of drug-likeness (QED) is 0.845. The molecule has 1 heterocycles. The number of nitrogens with zero attached hydrogens (tertiary/aromatic N) is 2. The Morgan fingerprint density at radius 1 is 1.65 bits per heavy atom. The van der Waals surface area contributed by atoms with Crippen molar-refractivity contribution >= 4 is 17.2 Å². The molecule has 0 bridgehead atoms. The molecule has 4 nitrogen and oxygen atoms in total. The van der Waals surface area contributed by atoms with Crippen LogP contribution in [0, 0.1) is 6.92 Å². The Labute approximate surface area is 107 Å². The molecule has 1 rings (SSSR count). The summed E-state index contributed by atoms with van der Waals surface area (Å²) in [5, 5.41) is 1.04. The van der Waals surface area contributed by atoms with E-state index < -0.39 is 0 Å². The van der Waals surface area contributed by atoms with Crippen LogP contribution in [0.15, 0.2) is 6.20 Å². The molecule has 0 aliphatic carbocycles. The maximum Gasteiger partial charge on any atom is 0.222 e. The Balaban J connectivity index is 2.31. The molecule has 5 heteroatoms. The van der Waals surface area contributed by atoms with Crippen molar-refractivity contribution in [2.24, 2.45) is 5.73 Å². The van der Waals surface area contributed by atoms with Gasteiger partial charge in [0.05, 0.1) is 11.6 Å². The number of carbonyl (C=O) groups is 1. The van der Waals surface area contributed by atoms with Gasteiger partial charge in [-0.3, -0.25) is 4.79 Å². The first-order valence-corrected chi connectivity index (χ1v) is 6.71. The van der Waals surface area contributed by atoms with Crippen LogP contribution >= 0.6 is 11.3 Å². The van der Waals surface area contributed by atoms with Crippen LogP contribution in [-0.4, -0.2) is 28.9 Å². The lowest BCUT2D eigenvalue weighted by atomic mass is 10.1. The molecule has 0 aliphatic heterocycles. The summed E-state index contributed by atoms with van der Waals surface area (Å²) in [5.74, 6) is 0.178. The fourth-order valence-corrected chi connectivity index (χ4v) is 2.41. The van der Waals surface area contributed by atoms with Crippen LogP contribution in [0.3, 0.4) is 0 Å². The summed E-state index contributed by atoms with van der Waals surface area (Å²) in [6.45, 7) is 4.59.